The van der Waals surface area contributed by atoms with Crippen LogP contribution in [-0.2, 0) is 0 Å². The molecule has 1 rings (SSSR count). The van der Waals surface area contributed by atoms with Gasteiger partial charge in [0.1, 0.15) is 0 Å². The van der Waals surface area contributed by atoms with E-state index < -0.39 is 0 Å². The number of hydrogen-bond donors (Lipinski definition) is 1. The fraction of sp³-hybridized carbons (Fsp3) is 1.00. The van der Waals surface area contributed by atoms with Crippen LogP contribution in [0.4, 0.5) is 0 Å². The lowest BCUT2D eigenvalue weighted by molar-refractivity contribution is 0.231. The quantitative estimate of drug-likeness (QED) is 0.601. The minimum atomic E-state index is 0.689. The molecule has 0 bridgehead atoms. The summed E-state index contributed by atoms with van der Waals surface area (Å²) >= 11 is 0. The average Bonchev–Trinajstić information content (AvgIpc) is 2.40. The molecule has 1 aliphatic rings. The fourth-order valence-corrected chi connectivity index (χ4v) is 3.21. The van der Waals surface area contributed by atoms with Crippen molar-refractivity contribution in [3.8, 4) is 0 Å². The lowest BCUT2D eigenvalue weighted by atomic mass is 9.89. The van der Waals surface area contributed by atoms with E-state index in [9.17, 15) is 0 Å². The van der Waals surface area contributed by atoms with Gasteiger partial charge in [0.2, 0.25) is 0 Å². The van der Waals surface area contributed by atoms with Crippen LogP contribution in [0.25, 0.3) is 0 Å². The lowest BCUT2D eigenvalue weighted by Gasteiger charge is -2.27. The summed E-state index contributed by atoms with van der Waals surface area (Å²) in [4.78, 5) is 2.53. The van der Waals surface area contributed by atoms with Gasteiger partial charge < -0.3 is 10.2 Å². The summed E-state index contributed by atoms with van der Waals surface area (Å²) in [5.41, 5.74) is 0. The second kappa shape index (κ2) is 10.7. The molecule has 1 unspecified atom stereocenters. The second-order valence-corrected chi connectivity index (χ2v) is 6.62. The maximum atomic E-state index is 3.67. The molecule has 2 heteroatoms. The standard InChI is InChI=1S/C17H36N2/c1-4-5-7-10-16(2)18-13-14-19(3)15-17-11-8-6-9-12-17/h16-18H,4-15H2,1-3H3. The smallest absolute Gasteiger partial charge is 0.0104 e. The Morgan fingerprint density at radius 1 is 1.16 bits per heavy atom. The number of rotatable bonds is 10. The van der Waals surface area contributed by atoms with Crippen molar-refractivity contribution in [1.29, 1.82) is 0 Å². The van der Waals surface area contributed by atoms with Gasteiger partial charge in [-0.15, -0.1) is 0 Å². The Morgan fingerprint density at radius 3 is 2.58 bits per heavy atom. The highest BCUT2D eigenvalue weighted by molar-refractivity contribution is 4.70. The van der Waals surface area contributed by atoms with Crippen LogP contribution in [0.5, 0.6) is 0 Å². The van der Waals surface area contributed by atoms with Crippen molar-refractivity contribution in [2.75, 3.05) is 26.7 Å². The number of likely N-dealkylation sites (N-methyl/N-ethyl adjacent to an activating group) is 1. The van der Waals surface area contributed by atoms with Gasteiger partial charge in [-0.2, -0.15) is 0 Å². The molecule has 1 saturated carbocycles. The maximum absolute atomic E-state index is 3.67. The minimum absolute atomic E-state index is 0.689. The predicted molar refractivity (Wildman–Crippen MR) is 85.7 cm³/mol. The monoisotopic (exact) mass is 268 g/mol. The first-order valence-corrected chi connectivity index (χ1v) is 8.64. The molecule has 1 fully saturated rings. The molecule has 0 aromatic rings. The summed E-state index contributed by atoms with van der Waals surface area (Å²) in [5, 5.41) is 3.67. The highest BCUT2D eigenvalue weighted by atomic mass is 15.1. The van der Waals surface area contributed by atoms with Gasteiger partial charge in [0.25, 0.3) is 0 Å². The molecule has 2 nitrogen and oxygen atoms in total. The van der Waals surface area contributed by atoms with Gasteiger partial charge in [0.05, 0.1) is 0 Å². The average molecular weight is 268 g/mol. The van der Waals surface area contributed by atoms with Crippen molar-refractivity contribution in [2.24, 2.45) is 5.92 Å². The molecule has 0 heterocycles. The molecule has 1 atom stereocenters. The largest absolute Gasteiger partial charge is 0.313 e. The van der Waals surface area contributed by atoms with Gasteiger partial charge in [-0.3, -0.25) is 0 Å². The normalized spacial score (nSPS) is 18.9. The van der Waals surface area contributed by atoms with E-state index in [0.29, 0.717) is 6.04 Å². The molecule has 0 aromatic heterocycles. The van der Waals surface area contributed by atoms with Crippen LogP contribution in [0.3, 0.4) is 0 Å². The van der Waals surface area contributed by atoms with Crippen molar-refractivity contribution in [3.63, 3.8) is 0 Å². The zero-order valence-electron chi connectivity index (χ0n) is 13.6. The topological polar surface area (TPSA) is 15.3 Å². The summed E-state index contributed by atoms with van der Waals surface area (Å²) in [6, 6.07) is 0.689. The summed E-state index contributed by atoms with van der Waals surface area (Å²) in [6.07, 6.45) is 12.7. The van der Waals surface area contributed by atoms with Gasteiger partial charge in [-0.05, 0) is 39.2 Å². The summed E-state index contributed by atoms with van der Waals surface area (Å²) in [7, 11) is 2.29. The molecule has 0 saturated heterocycles. The number of hydrogen-bond acceptors (Lipinski definition) is 2. The van der Waals surface area contributed by atoms with Crippen molar-refractivity contribution in [2.45, 2.75) is 77.7 Å². The Bertz CT molecular complexity index is 199. The Morgan fingerprint density at radius 2 is 1.89 bits per heavy atom. The van der Waals surface area contributed by atoms with E-state index in [0.717, 1.165) is 12.5 Å². The molecule has 114 valence electrons. The third kappa shape index (κ3) is 8.65. The third-order valence-corrected chi connectivity index (χ3v) is 4.52. The first-order valence-electron chi connectivity index (χ1n) is 8.64. The number of unbranched alkanes of at least 4 members (excludes halogenated alkanes) is 2. The first-order chi connectivity index (χ1) is 9.22. The molecule has 0 amide bonds. The summed E-state index contributed by atoms with van der Waals surface area (Å²) < 4.78 is 0. The Hall–Kier alpha value is -0.0800. The molecule has 1 N–H and O–H groups in total. The molecule has 0 spiro atoms. The van der Waals surface area contributed by atoms with Crippen LogP contribution in [0, 0.1) is 5.92 Å². The van der Waals surface area contributed by atoms with E-state index in [4.69, 9.17) is 0 Å². The molecule has 1 aliphatic carbocycles. The van der Waals surface area contributed by atoms with Gasteiger partial charge in [-0.25, -0.2) is 0 Å². The predicted octanol–water partition coefficient (Wildman–Crippen LogP) is 4.06. The zero-order valence-corrected chi connectivity index (χ0v) is 13.6. The van der Waals surface area contributed by atoms with Crippen LogP contribution < -0.4 is 5.32 Å². The van der Waals surface area contributed by atoms with E-state index >= 15 is 0 Å². The van der Waals surface area contributed by atoms with Crippen LogP contribution in [0.15, 0.2) is 0 Å². The van der Waals surface area contributed by atoms with E-state index in [1.165, 1.54) is 70.9 Å². The first kappa shape index (κ1) is 17.0. The van der Waals surface area contributed by atoms with Crippen molar-refractivity contribution in [3.05, 3.63) is 0 Å². The van der Waals surface area contributed by atoms with Crippen molar-refractivity contribution < 1.29 is 0 Å². The minimum Gasteiger partial charge on any atom is -0.313 e. The second-order valence-electron chi connectivity index (χ2n) is 6.62. The highest BCUT2D eigenvalue weighted by Gasteiger charge is 2.15. The van der Waals surface area contributed by atoms with Gasteiger partial charge in [0.15, 0.2) is 0 Å². The van der Waals surface area contributed by atoms with Crippen LogP contribution in [0.1, 0.15) is 71.6 Å². The molecular formula is C17H36N2. The zero-order chi connectivity index (χ0) is 13.9. The Kier molecular flexibility index (Phi) is 9.54. The SMILES string of the molecule is CCCCCC(C)NCCN(C)CC1CCCCC1. The molecule has 0 radical (unpaired) electrons. The third-order valence-electron chi connectivity index (χ3n) is 4.52. The van der Waals surface area contributed by atoms with E-state index in [2.05, 4.69) is 31.1 Å². The Balaban J connectivity index is 1.98. The molecule has 19 heavy (non-hydrogen) atoms. The number of nitrogens with one attached hydrogen (secondary N) is 1. The number of nitrogens with zero attached hydrogens (tertiary/aromatic N) is 1. The maximum Gasteiger partial charge on any atom is 0.0104 e. The summed E-state index contributed by atoms with van der Waals surface area (Å²) in [5.74, 6) is 0.973. The Labute approximate surface area is 121 Å². The van der Waals surface area contributed by atoms with Crippen LogP contribution in [-0.4, -0.2) is 37.6 Å². The molecular weight excluding hydrogens is 232 g/mol. The molecule has 0 aliphatic heterocycles. The van der Waals surface area contributed by atoms with Gasteiger partial charge in [0, 0.05) is 25.7 Å². The lowest BCUT2D eigenvalue weighted by Crippen LogP contribution is -2.36. The van der Waals surface area contributed by atoms with E-state index in [1.807, 2.05) is 0 Å². The van der Waals surface area contributed by atoms with E-state index in [-0.39, 0.29) is 0 Å². The van der Waals surface area contributed by atoms with Gasteiger partial charge in [-0.1, -0.05) is 45.4 Å². The fourth-order valence-electron chi connectivity index (χ4n) is 3.21. The summed E-state index contributed by atoms with van der Waals surface area (Å²) in [6.45, 7) is 8.27. The molecule has 0 aromatic carbocycles. The highest BCUT2D eigenvalue weighted by Crippen LogP contribution is 2.23. The van der Waals surface area contributed by atoms with Crippen LogP contribution in [0.2, 0.25) is 0 Å². The van der Waals surface area contributed by atoms with Crippen molar-refractivity contribution >= 4 is 0 Å². The van der Waals surface area contributed by atoms with Crippen molar-refractivity contribution in [1.82, 2.24) is 10.2 Å². The van der Waals surface area contributed by atoms with E-state index in [1.54, 1.807) is 0 Å². The van der Waals surface area contributed by atoms with Gasteiger partial charge >= 0.3 is 0 Å². The van der Waals surface area contributed by atoms with Crippen LogP contribution >= 0.6 is 0 Å².